The zero-order valence-electron chi connectivity index (χ0n) is 11.6. The summed E-state index contributed by atoms with van der Waals surface area (Å²) in [5.41, 5.74) is 4.35. The number of aromatic nitrogens is 2. The SMILES string of the molecule is Brc1cc2[nH]c(Br)c(-c3c(Br)[nH]c4cc(Br)c(Br)cc34)c2cc1Br. The lowest BCUT2D eigenvalue weighted by molar-refractivity contribution is 1.39. The third kappa shape index (κ3) is 2.81. The Morgan fingerprint density at radius 3 is 1.21 bits per heavy atom. The smallest absolute Gasteiger partial charge is 0.0911 e. The second kappa shape index (κ2) is 6.53. The van der Waals surface area contributed by atoms with Crippen molar-refractivity contribution < 1.29 is 0 Å². The molecule has 2 heterocycles. The van der Waals surface area contributed by atoms with Crippen molar-refractivity contribution in [2.24, 2.45) is 0 Å². The van der Waals surface area contributed by atoms with E-state index in [0.29, 0.717) is 0 Å². The van der Waals surface area contributed by atoms with E-state index in [1.54, 1.807) is 0 Å². The minimum atomic E-state index is 0.947. The number of hydrogen-bond acceptors (Lipinski definition) is 0. The van der Waals surface area contributed by atoms with Crippen LogP contribution in [-0.4, -0.2) is 9.97 Å². The van der Waals surface area contributed by atoms with Crippen molar-refractivity contribution in [2.75, 3.05) is 0 Å². The molecule has 0 fully saturated rings. The van der Waals surface area contributed by atoms with Gasteiger partial charge in [0.05, 0.1) is 9.21 Å². The van der Waals surface area contributed by atoms with Gasteiger partial charge < -0.3 is 9.97 Å². The number of nitrogens with one attached hydrogen (secondary N) is 2. The fraction of sp³-hybridized carbons (Fsp3) is 0. The van der Waals surface area contributed by atoms with Gasteiger partial charge in [0, 0.05) is 50.8 Å². The van der Waals surface area contributed by atoms with Crippen molar-refractivity contribution in [3.8, 4) is 11.1 Å². The molecule has 0 saturated carbocycles. The largest absolute Gasteiger partial charge is 0.349 e. The molecular formula is C16H6Br6N2. The van der Waals surface area contributed by atoms with Crippen LogP contribution in [0.5, 0.6) is 0 Å². The molecule has 0 aliphatic heterocycles. The third-order valence-corrected chi connectivity index (χ3v) is 8.72. The molecule has 2 nitrogen and oxygen atoms in total. The quantitative estimate of drug-likeness (QED) is 0.198. The average Bonchev–Trinajstić information content (AvgIpc) is 2.96. The topological polar surface area (TPSA) is 31.6 Å². The Kier molecular flexibility index (Phi) is 4.84. The molecule has 0 bridgehead atoms. The Labute approximate surface area is 187 Å². The summed E-state index contributed by atoms with van der Waals surface area (Å²) in [7, 11) is 0. The minimum absolute atomic E-state index is 0.947. The summed E-state index contributed by atoms with van der Waals surface area (Å²) in [6, 6.07) is 8.39. The molecule has 0 aliphatic rings. The predicted octanol–water partition coefficient (Wildman–Crippen LogP) is 8.89. The number of H-pyrrole nitrogens is 2. The molecule has 0 amide bonds. The van der Waals surface area contributed by atoms with E-state index in [9.17, 15) is 0 Å². The van der Waals surface area contributed by atoms with Crippen LogP contribution >= 0.6 is 95.6 Å². The first-order valence-electron chi connectivity index (χ1n) is 6.69. The molecule has 0 unspecified atom stereocenters. The number of halogens is 6. The van der Waals surface area contributed by atoms with Gasteiger partial charge in [0.15, 0.2) is 0 Å². The van der Waals surface area contributed by atoms with Crippen LogP contribution in [0.4, 0.5) is 0 Å². The summed E-state index contributed by atoms with van der Waals surface area (Å²) in [5, 5.41) is 2.27. The van der Waals surface area contributed by atoms with Crippen molar-refractivity contribution in [3.63, 3.8) is 0 Å². The zero-order chi connectivity index (χ0) is 17.2. The van der Waals surface area contributed by atoms with Gasteiger partial charge in [-0.25, -0.2) is 0 Å². The van der Waals surface area contributed by atoms with Crippen molar-refractivity contribution in [1.82, 2.24) is 9.97 Å². The molecule has 0 radical (unpaired) electrons. The fourth-order valence-electron chi connectivity index (χ4n) is 2.80. The molecular weight excluding hydrogens is 700 g/mol. The van der Waals surface area contributed by atoms with E-state index in [2.05, 4.69) is 130 Å². The number of benzene rings is 2. The molecule has 4 aromatic rings. The van der Waals surface area contributed by atoms with Crippen LogP contribution in [-0.2, 0) is 0 Å². The molecule has 0 atom stereocenters. The Morgan fingerprint density at radius 2 is 0.833 bits per heavy atom. The number of aromatic amines is 2. The Morgan fingerprint density at radius 1 is 0.500 bits per heavy atom. The molecule has 0 saturated heterocycles. The molecule has 0 spiro atoms. The van der Waals surface area contributed by atoms with Gasteiger partial charge in [0.2, 0.25) is 0 Å². The fourth-order valence-corrected chi connectivity index (χ4v) is 5.43. The monoisotopic (exact) mass is 700 g/mol. The maximum atomic E-state index is 3.69. The molecule has 2 N–H and O–H groups in total. The molecule has 8 heteroatoms. The number of rotatable bonds is 1. The van der Waals surface area contributed by atoms with Crippen LogP contribution in [0.1, 0.15) is 0 Å². The van der Waals surface area contributed by atoms with Crippen molar-refractivity contribution >= 4 is 117 Å². The van der Waals surface area contributed by atoms with E-state index in [1.807, 2.05) is 0 Å². The van der Waals surface area contributed by atoms with Crippen molar-refractivity contribution in [2.45, 2.75) is 0 Å². The van der Waals surface area contributed by atoms with Gasteiger partial charge in [-0.1, -0.05) is 0 Å². The van der Waals surface area contributed by atoms with Crippen LogP contribution in [0.3, 0.4) is 0 Å². The first-order chi connectivity index (χ1) is 11.4. The highest BCUT2D eigenvalue weighted by Crippen LogP contribution is 2.46. The number of hydrogen-bond donors (Lipinski definition) is 2. The Hall–Kier alpha value is 0.400. The Balaban J connectivity index is 2.13. The third-order valence-electron chi connectivity index (χ3n) is 3.84. The van der Waals surface area contributed by atoms with Gasteiger partial charge in [-0.2, -0.15) is 0 Å². The highest BCUT2D eigenvalue weighted by Gasteiger charge is 2.20. The van der Waals surface area contributed by atoms with E-state index in [1.165, 1.54) is 0 Å². The lowest BCUT2D eigenvalue weighted by Crippen LogP contribution is -1.79. The molecule has 0 aliphatic carbocycles. The molecule has 24 heavy (non-hydrogen) atoms. The normalized spacial score (nSPS) is 11.8. The van der Waals surface area contributed by atoms with Gasteiger partial charge >= 0.3 is 0 Å². The summed E-state index contributed by atoms with van der Waals surface area (Å²) < 4.78 is 5.96. The lowest BCUT2D eigenvalue weighted by Gasteiger charge is -2.04. The Bertz CT molecular complexity index is 1040. The minimum Gasteiger partial charge on any atom is -0.349 e. The maximum absolute atomic E-state index is 3.69. The first kappa shape index (κ1) is 17.8. The summed E-state index contributed by atoms with van der Waals surface area (Å²) in [5.74, 6) is 0. The van der Waals surface area contributed by atoms with E-state index in [-0.39, 0.29) is 0 Å². The van der Waals surface area contributed by atoms with Gasteiger partial charge in [-0.05, 0) is 120 Å². The van der Waals surface area contributed by atoms with E-state index < -0.39 is 0 Å². The lowest BCUT2D eigenvalue weighted by atomic mass is 10.0. The first-order valence-corrected chi connectivity index (χ1v) is 11.5. The van der Waals surface area contributed by atoms with Crippen LogP contribution in [0.15, 0.2) is 51.4 Å². The van der Waals surface area contributed by atoms with Crippen molar-refractivity contribution in [3.05, 3.63) is 51.4 Å². The zero-order valence-corrected chi connectivity index (χ0v) is 21.1. The van der Waals surface area contributed by atoms with Crippen LogP contribution < -0.4 is 0 Å². The van der Waals surface area contributed by atoms with E-state index in [0.717, 1.165) is 60.0 Å². The van der Waals surface area contributed by atoms with Gasteiger partial charge in [-0.3, -0.25) is 0 Å². The van der Waals surface area contributed by atoms with Crippen LogP contribution in [0.25, 0.3) is 32.9 Å². The predicted molar refractivity (Wildman–Crippen MR) is 122 cm³/mol. The number of fused-ring (bicyclic) bond motifs is 2. The maximum Gasteiger partial charge on any atom is 0.0911 e. The highest BCUT2D eigenvalue weighted by atomic mass is 79.9. The molecule has 2 aromatic heterocycles. The molecule has 122 valence electrons. The van der Waals surface area contributed by atoms with Crippen molar-refractivity contribution in [1.29, 1.82) is 0 Å². The molecule has 2 aromatic carbocycles. The summed E-state index contributed by atoms with van der Waals surface area (Å²) >= 11 is 21.7. The average molecular weight is 706 g/mol. The standard InChI is InChI=1S/C16H6Br6N2/c17-7-1-5-11(3-9(7)19)23-15(21)13(5)14-6-2-8(18)10(20)4-12(6)24-16(14)22/h1-4,23-24H. The van der Waals surface area contributed by atoms with Crippen LogP contribution in [0.2, 0.25) is 0 Å². The second-order valence-electron chi connectivity index (χ2n) is 5.25. The van der Waals surface area contributed by atoms with E-state index >= 15 is 0 Å². The van der Waals surface area contributed by atoms with Crippen LogP contribution in [0, 0.1) is 0 Å². The summed E-state index contributed by atoms with van der Waals surface area (Å²) in [4.78, 5) is 6.82. The highest BCUT2D eigenvalue weighted by molar-refractivity contribution is 9.13. The van der Waals surface area contributed by atoms with Gasteiger partial charge in [0.1, 0.15) is 0 Å². The summed E-state index contributed by atoms with van der Waals surface area (Å²) in [6.07, 6.45) is 0. The second-order valence-corrected chi connectivity index (χ2v) is 10.3. The van der Waals surface area contributed by atoms with Gasteiger partial charge in [-0.15, -0.1) is 0 Å². The summed E-state index contributed by atoms with van der Waals surface area (Å²) in [6.45, 7) is 0. The van der Waals surface area contributed by atoms with Gasteiger partial charge in [0.25, 0.3) is 0 Å². The molecule has 4 rings (SSSR count). The van der Waals surface area contributed by atoms with E-state index in [4.69, 9.17) is 0 Å².